The van der Waals surface area contributed by atoms with Gasteiger partial charge in [-0.3, -0.25) is 4.79 Å². The molecule has 1 aliphatic carbocycles. The highest BCUT2D eigenvalue weighted by Gasteiger charge is 2.21. The van der Waals surface area contributed by atoms with Crippen LogP contribution in [0.5, 0.6) is 0 Å². The summed E-state index contributed by atoms with van der Waals surface area (Å²) in [5.74, 6) is 1.86. The minimum absolute atomic E-state index is 0.131. The van der Waals surface area contributed by atoms with Crippen LogP contribution in [-0.4, -0.2) is 42.4 Å². The molecule has 1 aromatic rings. The van der Waals surface area contributed by atoms with E-state index in [1.165, 1.54) is 25.7 Å². The van der Waals surface area contributed by atoms with Gasteiger partial charge in [-0.25, -0.2) is 9.97 Å². The van der Waals surface area contributed by atoms with Crippen LogP contribution in [0.1, 0.15) is 32.6 Å². The zero-order valence-electron chi connectivity index (χ0n) is 12.0. The van der Waals surface area contributed by atoms with E-state index in [0.29, 0.717) is 12.6 Å². The lowest BCUT2D eigenvalue weighted by Gasteiger charge is -2.26. The summed E-state index contributed by atoms with van der Waals surface area (Å²) in [6, 6.07) is 2.54. The van der Waals surface area contributed by atoms with Gasteiger partial charge >= 0.3 is 0 Å². The number of rotatable bonds is 5. The van der Waals surface area contributed by atoms with Gasteiger partial charge in [0.25, 0.3) is 0 Å². The largest absolute Gasteiger partial charge is 0.357 e. The van der Waals surface area contributed by atoms with Crippen molar-refractivity contribution in [2.75, 3.05) is 30.4 Å². The Balaban J connectivity index is 2.11. The molecule has 0 radical (unpaired) electrons. The summed E-state index contributed by atoms with van der Waals surface area (Å²) >= 11 is 0. The zero-order chi connectivity index (χ0) is 13.8. The van der Waals surface area contributed by atoms with Crippen molar-refractivity contribution in [3.8, 4) is 0 Å². The molecule has 1 aromatic heterocycles. The Labute approximate surface area is 114 Å². The number of hydrogen-bond donors (Lipinski definition) is 0. The van der Waals surface area contributed by atoms with E-state index in [0.717, 1.165) is 11.6 Å². The fourth-order valence-corrected chi connectivity index (χ4v) is 2.63. The lowest BCUT2D eigenvalue weighted by Crippen LogP contribution is -2.30. The number of Topliss-reactive ketones (excluding diaryl/α,β-unsaturated/α-hetero) is 1. The fraction of sp³-hybridized carbons (Fsp3) is 0.643. The van der Waals surface area contributed by atoms with Gasteiger partial charge in [-0.15, -0.1) is 0 Å². The molecule has 0 atom stereocenters. The molecular weight excluding hydrogens is 240 g/mol. The second-order valence-electron chi connectivity index (χ2n) is 5.34. The Morgan fingerprint density at radius 3 is 2.53 bits per heavy atom. The van der Waals surface area contributed by atoms with Gasteiger partial charge in [0.05, 0.1) is 6.54 Å². The molecular formula is C14H22N4O. The molecule has 2 rings (SSSR count). The first-order chi connectivity index (χ1) is 9.08. The number of anilines is 2. The Hall–Kier alpha value is -1.65. The predicted octanol–water partition coefficient (Wildman–Crippen LogP) is 1.88. The first kappa shape index (κ1) is 13.8. The Morgan fingerprint density at radius 2 is 1.89 bits per heavy atom. The van der Waals surface area contributed by atoms with Crippen LogP contribution >= 0.6 is 0 Å². The molecule has 0 amide bonds. The highest BCUT2D eigenvalue weighted by atomic mass is 16.1. The monoisotopic (exact) mass is 262 g/mol. The van der Waals surface area contributed by atoms with E-state index in [1.807, 2.05) is 18.0 Å². The summed E-state index contributed by atoms with van der Waals surface area (Å²) in [5, 5.41) is 0. The van der Waals surface area contributed by atoms with Gasteiger partial charge in [-0.2, -0.15) is 0 Å². The molecule has 1 fully saturated rings. The van der Waals surface area contributed by atoms with Gasteiger partial charge < -0.3 is 9.80 Å². The molecule has 0 bridgehead atoms. The second kappa shape index (κ2) is 5.99. The molecule has 5 heteroatoms. The Bertz CT molecular complexity index is 443. The normalized spacial score (nSPS) is 15.5. The molecule has 1 saturated carbocycles. The molecule has 0 unspecified atom stereocenters. The number of ketones is 1. The lowest BCUT2D eigenvalue weighted by atomic mass is 10.2. The number of carbonyl (C=O) groups is 1. The highest BCUT2D eigenvalue weighted by Crippen LogP contribution is 2.26. The number of likely N-dealkylation sites (N-methyl/N-ethyl adjacent to an activating group) is 1. The van der Waals surface area contributed by atoms with Gasteiger partial charge in [0, 0.05) is 26.2 Å². The molecule has 1 heterocycles. The number of nitrogens with zero attached hydrogens (tertiary/aromatic N) is 4. The summed E-state index contributed by atoms with van der Waals surface area (Å²) < 4.78 is 0. The van der Waals surface area contributed by atoms with Crippen LogP contribution in [0.4, 0.5) is 11.6 Å². The van der Waals surface area contributed by atoms with Crippen molar-refractivity contribution in [2.45, 2.75) is 38.6 Å². The quantitative estimate of drug-likeness (QED) is 0.811. The predicted molar refractivity (Wildman–Crippen MR) is 76.6 cm³/mol. The first-order valence-corrected chi connectivity index (χ1v) is 6.83. The second-order valence-corrected chi connectivity index (χ2v) is 5.34. The molecule has 0 aliphatic heterocycles. The third-order valence-corrected chi connectivity index (χ3v) is 3.72. The van der Waals surface area contributed by atoms with Crippen LogP contribution in [0.25, 0.3) is 0 Å². The average Bonchev–Trinajstić information content (AvgIpc) is 2.91. The van der Waals surface area contributed by atoms with Crippen LogP contribution in [0, 0.1) is 0 Å². The third-order valence-electron chi connectivity index (χ3n) is 3.72. The van der Waals surface area contributed by atoms with Gasteiger partial charge in [0.1, 0.15) is 23.7 Å². The minimum atomic E-state index is 0.131. The van der Waals surface area contributed by atoms with E-state index in [9.17, 15) is 4.79 Å². The smallest absolute Gasteiger partial charge is 0.149 e. The number of hydrogen-bond acceptors (Lipinski definition) is 5. The van der Waals surface area contributed by atoms with Gasteiger partial charge in [-0.1, -0.05) is 12.8 Å². The molecule has 0 N–H and O–H groups in total. The van der Waals surface area contributed by atoms with Crippen molar-refractivity contribution >= 4 is 17.4 Å². The summed E-state index contributed by atoms with van der Waals surface area (Å²) in [6.45, 7) is 1.97. The SMILES string of the molecule is CC(=O)CN(C)c1cc(N(C)C2CCCC2)ncn1. The van der Waals surface area contributed by atoms with Gasteiger partial charge in [-0.05, 0) is 19.8 Å². The van der Waals surface area contributed by atoms with Crippen molar-refractivity contribution in [3.05, 3.63) is 12.4 Å². The first-order valence-electron chi connectivity index (χ1n) is 6.83. The van der Waals surface area contributed by atoms with Crippen molar-refractivity contribution in [2.24, 2.45) is 0 Å². The number of carbonyl (C=O) groups excluding carboxylic acids is 1. The highest BCUT2D eigenvalue weighted by molar-refractivity contribution is 5.80. The van der Waals surface area contributed by atoms with E-state index >= 15 is 0 Å². The van der Waals surface area contributed by atoms with Crippen molar-refractivity contribution in [1.29, 1.82) is 0 Å². The van der Waals surface area contributed by atoms with E-state index in [-0.39, 0.29) is 5.78 Å². The molecule has 19 heavy (non-hydrogen) atoms. The van der Waals surface area contributed by atoms with Gasteiger partial charge in [0.2, 0.25) is 0 Å². The summed E-state index contributed by atoms with van der Waals surface area (Å²) in [5.41, 5.74) is 0. The summed E-state index contributed by atoms with van der Waals surface area (Å²) in [7, 11) is 3.97. The summed E-state index contributed by atoms with van der Waals surface area (Å²) in [6.07, 6.45) is 6.65. The maximum atomic E-state index is 11.2. The maximum absolute atomic E-state index is 11.2. The third kappa shape index (κ3) is 3.43. The standard InChI is InChI=1S/C14H22N4O/c1-11(19)9-17(2)13-8-14(16-10-15-13)18(3)12-6-4-5-7-12/h8,10,12H,4-7,9H2,1-3H3. The van der Waals surface area contributed by atoms with Crippen molar-refractivity contribution in [3.63, 3.8) is 0 Å². The Morgan fingerprint density at radius 1 is 1.26 bits per heavy atom. The van der Waals surface area contributed by atoms with E-state index in [2.05, 4.69) is 21.9 Å². The van der Waals surface area contributed by atoms with E-state index < -0.39 is 0 Å². The maximum Gasteiger partial charge on any atom is 0.149 e. The van der Waals surface area contributed by atoms with Gasteiger partial charge in [0.15, 0.2) is 0 Å². The minimum Gasteiger partial charge on any atom is -0.357 e. The van der Waals surface area contributed by atoms with E-state index in [4.69, 9.17) is 0 Å². The topological polar surface area (TPSA) is 49.3 Å². The summed E-state index contributed by atoms with van der Waals surface area (Å²) in [4.78, 5) is 23.8. The number of aromatic nitrogens is 2. The fourth-order valence-electron chi connectivity index (χ4n) is 2.63. The molecule has 104 valence electrons. The van der Waals surface area contributed by atoms with Crippen LogP contribution in [-0.2, 0) is 4.79 Å². The molecule has 1 aliphatic rings. The van der Waals surface area contributed by atoms with Crippen molar-refractivity contribution in [1.82, 2.24) is 9.97 Å². The van der Waals surface area contributed by atoms with Crippen LogP contribution in [0.2, 0.25) is 0 Å². The molecule has 0 aromatic carbocycles. The van der Waals surface area contributed by atoms with Crippen molar-refractivity contribution < 1.29 is 4.79 Å². The lowest BCUT2D eigenvalue weighted by molar-refractivity contribution is -0.115. The van der Waals surface area contributed by atoms with E-state index in [1.54, 1.807) is 13.3 Å². The average molecular weight is 262 g/mol. The zero-order valence-corrected chi connectivity index (χ0v) is 12.0. The van der Waals surface area contributed by atoms with Crippen LogP contribution in [0.3, 0.4) is 0 Å². The molecule has 0 spiro atoms. The Kier molecular flexibility index (Phi) is 4.35. The van der Waals surface area contributed by atoms with Crippen LogP contribution < -0.4 is 9.80 Å². The molecule has 0 saturated heterocycles. The molecule has 5 nitrogen and oxygen atoms in total. The van der Waals surface area contributed by atoms with Crippen LogP contribution in [0.15, 0.2) is 12.4 Å².